The molecule has 1 unspecified atom stereocenters. The molecular formula is C47H90O6. The van der Waals surface area contributed by atoms with Crippen LogP contribution in [0.3, 0.4) is 0 Å². The lowest BCUT2D eigenvalue weighted by Crippen LogP contribution is -2.30. The Kier molecular flexibility index (Phi) is 41.8. The number of carbonyl (C=O) groups excluding carboxylic acids is 3. The van der Waals surface area contributed by atoms with Crippen molar-refractivity contribution in [2.45, 2.75) is 271 Å². The first-order valence-corrected chi connectivity index (χ1v) is 23.5. The molecule has 0 radical (unpaired) electrons. The molecule has 0 N–H and O–H groups in total. The Labute approximate surface area is 329 Å². The first-order valence-electron chi connectivity index (χ1n) is 23.5. The van der Waals surface area contributed by atoms with E-state index in [-0.39, 0.29) is 31.1 Å². The van der Waals surface area contributed by atoms with Gasteiger partial charge in [-0.25, -0.2) is 0 Å². The van der Waals surface area contributed by atoms with E-state index in [1.54, 1.807) is 0 Å². The molecule has 0 saturated heterocycles. The van der Waals surface area contributed by atoms with Gasteiger partial charge in [0.2, 0.25) is 0 Å². The summed E-state index contributed by atoms with van der Waals surface area (Å²) in [5.41, 5.74) is 0. The van der Waals surface area contributed by atoms with Gasteiger partial charge in [-0.2, -0.15) is 0 Å². The number of rotatable bonds is 43. The van der Waals surface area contributed by atoms with E-state index in [0.29, 0.717) is 19.3 Å². The van der Waals surface area contributed by atoms with E-state index in [1.165, 1.54) is 167 Å². The fourth-order valence-corrected chi connectivity index (χ4v) is 7.03. The summed E-state index contributed by atoms with van der Waals surface area (Å²) in [6, 6.07) is 0. The van der Waals surface area contributed by atoms with E-state index in [4.69, 9.17) is 14.2 Å². The van der Waals surface area contributed by atoms with Crippen LogP contribution in [0.5, 0.6) is 0 Å². The Hall–Kier alpha value is -1.59. The minimum atomic E-state index is -0.757. The SMILES string of the molecule is CCCCCCCCCCCCCCCCCCC(=O)OCC(COC(=O)CCCCCCCCCCC)OC(=O)CCCCCCCCCCCC. The van der Waals surface area contributed by atoms with Crippen molar-refractivity contribution in [1.82, 2.24) is 0 Å². The molecule has 6 heteroatoms. The molecule has 0 fully saturated rings. The van der Waals surface area contributed by atoms with Crippen LogP contribution in [0, 0.1) is 0 Å². The summed E-state index contributed by atoms with van der Waals surface area (Å²) in [5, 5.41) is 0. The topological polar surface area (TPSA) is 78.9 Å². The number of hydrogen-bond acceptors (Lipinski definition) is 6. The van der Waals surface area contributed by atoms with Crippen molar-refractivity contribution in [1.29, 1.82) is 0 Å². The van der Waals surface area contributed by atoms with Gasteiger partial charge >= 0.3 is 17.9 Å². The maximum absolute atomic E-state index is 12.7. The van der Waals surface area contributed by atoms with Crippen molar-refractivity contribution in [3.05, 3.63) is 0 Å². The van der Waals surface area contributed by atoms with E-state index in [0.717, 1.165) is 57.8 Å². The van der Waals surface area contributed by atoms with Gasteiger partial charge in [-0.1, -0.05) is 226 Å². The predicted octanol–water partition coefficient (Wildman–Crippen LogP) is 14.9. The number of esters is 3. The van der Waals surface area contributed by atoms with Gasteiger partial charge in [-0.15, -0.1) is 0 Å². The van der Waals surface area contributed by atoms with Crippen molar-refractivity contribution in [3.8, 4) is 0 Å². The second-order valence-corrected chi connectivity index (χ2v) is 16.0. The average Bonchev–Trinajstić information content (AvgIpc) is 3.15. The summed E-state index contributed by atoms with van der Waals surface area (Å²) in [7, 11) is 0. The Bertz CT molecular complexity index is 783. The molecule has 0 aliphatic rings. The highest BCUT2D eigenvalue weighted by Crippen LogP contribution is 2.16. The van der Waals surface area contributed by atoms with Gasteiger partial charge in [0, 0.05) is 19.3 Å². The lowest BCUT2D eigenvalue weighted by molar-refractivity contribution is -0.167. The van der Waals surface area contributed by atoms with Crippen molar-refractivity contribution in [2.24, 2.45) is 0 Å². The van der Waals surface area contributed by atoms with Crippen molar-refractivity contribution in [2.75, 3.05) is 13.2 Å². The van der Waals surface area contributed by atoms with Crippen LogP contribution >= 0.6 is 0 Å². The van der Waals surface area contributed by atoms with E-state index >= 15 is 0 Å². The first-order chi connectivity index (χ1) is 26.0. The highest BCUT2D eigenvalue weighted by Gasteiger charge is 2.19. The first kappa shape index (κ1) is 51.4. The fraction of sp³-hybridized carbons (Fsp3) is 0.936. The quantitative estimate of drug-likeness (QED) is 0.0351. The smallest absolute Gasteiger partial charge is 0.306 e. The largest absolute Gasteiger partial charge is 0.462 e. The molecule has 0 heterocycles. The van der Waals surface area contributed by atoms with Crippen LogP contribution in [-0.2, 0) is 28.6 Å². The Morgan fingerprint density at radius 3 is 0.755 bits per heavy atom. The van der Waals surface area contributed by atoms with Gasteiger partial charge in [0.15, 0.2) is 6.10 Å². The van der Waals surface area contributed by atoms with Gasteiger partial charge in [0.1, 0.15) is 13.2 Å². The van der Waals surface area contributed by atoms with Gasteiger partial charge < -0.3 is 14.2 Å². The number of carbonyl (C=O) groups is 3. The molecule has 0 aliphatic heterocycles. The molecule has 0 aromatic rings. The lowest BCUT2D eigenvalue weighted by atomic mass is 10.0. The lowest BCUT2D eigenvalue weighted by Gasteiger charge is -2.18. The molecule has 0 spiro atoms. The highest BCUT2D eigenvalue weighted by molar-refractivity contribution is 5.71. The Morgan fingerprint density at radius 2 is 0.509 bits per heavy atom. The molecule has 0 saturated carbocycles. The van der Waals surface area contributed by atoms with Gasteiger partial charge in [0.25, 0.3) is 0 Å². The molecule has 0 amide bonds. The van der Waals surface area contributed by atoms with Gasteiger partial charge in [-0.05, 0) is 19.3 Å². The number of ether oxygens (including phenoxy) is 3. The van der Waals surface area contributed by atoms with Gasteiger partial charge in [0.05, 0.1) is 0 Å². The summed E-state index contributed by atoms with van der Waals surface area (Å²) in [6.07, 6.45) is 43.7. The van der Waals surface area contributed by atoms with Crippen LogP contribution in [0.4, 0.5) is 0 Å². The van der Waals surface area contributed by atoms with Crippen molar-refractivity contribution >= 4 is 17.9 Å². The fourth-order valence-electron chi connectivity index (χ4n) is 7.03. The Balaban J connectivity index is 4.24. The summed E-state index contributed by atoms with van der Waals surface area (Å²) in [5.74, 6) is -0.853. The molecule has 0 aliphatic carbocycles. The molecule has 1 atom stereocenters. The third kappa shape index (κ3) is 41.4. The van der Waals surface area contributed by atoms with Crippen LogP contribution < -0.4 is 0 Å². The molecule has 0 bridgehead atoms. The second kappa shape index (κ2) is 43.1. The van der Waals surface area contributed by atoms with Crippen LogP contribution in [0.15, 0.2) is 0 Å². The van der Waals surface area contributed by atoms with E-state index in [9.17, 15) is 14.4 Å². The van der Waals surface area contributed by atoms with E-state index < -0.39 is 6.10 Å². The number of hydrogen-bond donors (Lipinski definition) is 0. The molecule has 6 nitrogen and oxygen atoms in total. The average molecular weight is 751 g/mol. The predicted molar refractivity (Wildman–Crippen MR) is 224 cm³/mol. The van der Waals surface area contributed by atoms with Crippen LogP contribution in [0.1, 0.15) is 265 Å². The molecular weight excluding hydrogens is 661 g/mol. The van der Waals surface area contributed by atoms with Crippen LogP contribution in [-0.4, -0.2) is 37.2 Å². The van der Waals surface area contributed by atoms with E-state index in [1.807, 2.05) is 0 Å². The molecule has 0 rings (SSSR count). The normalized spacial score (nSPS) is 11.8. The van der Waals surface area contributed by atoms with Crippen molar-refractivity contribution in [3.63, 3.8) is 0 Å². The zero-order valence-corrected chi connectivity index (χ0v) is 35.8. The van der Waals surface area contributed by atoms with Crippen molar-refractivity contribution < 1.29 is 28.6 Å². The second-order valence-electron chi connectivity index (χ2n) is 16.0. The van der Waals surface area contributed by atoms with Gasteiger partial charge in [-0.3, -0.25) is 14.4 Å². The minimum absolute atomic E-state index is 0.0627. The maximum Gasteiger partial charge on any atom is 0.306 e. The summed E-state index contributed by atoms with van der Waals surface area (Å²) in [4.78, 5) is 37.6. The third-order valence-electron chi connectivity index (χ3n) is 10.6. The standard InChI is InChI=1S/C47H90O6/c1-4-7-10-13-16-19-21-22-23-24-25-26-29-31-34-37-40-46(49)52-43-44(42-51-45(48)39-36-33-30-27-18-15-12-9-6-3)53-47(50)41-38-35-32-28-20-17-14-11-8-5-2/h44H,4-43H2,1-3H3. The van der Waals surface area contributed by atoms with Crippen LogP contribution in [0.25, 0.3) is 0 Å². The zero-order chi connectivity index (χ0) is 38.7. The maximum atomic E-state index is 12.7. The summed E-state index contributed by atoms with van der Waals surface area (Å²) in [6.45, 7) is 6.63. The van der Waals surface area contributed by atoms with Crippen LogP contribution in [0.2, 0.25) is 0 Å². The monoisotopic (exact) mass is 751 g/mol. The summed E-state index contributed by atoms with van der Waals surface area (Å²) >= 11 is 0. The number of unbranched alkanes of at least 4 members (excludes halogenated alkanes) is 32. The third-order valence-corrected chi connectivity index (χ3v) is 10.6. The van der Waals surface area contributed by atoms with E-state index in [2.05, 4.69) is 20.8 Å². The zero-order valence-electron chi connectivity index (χ0n) is 35.8. The molecule has 53 heavy (non-hydrogen) atoms. The highest BCUT2D eigenvalue weighted by atomic mass is 16.6. The molecule has 0 aromatic carbocycles. The molecule has 314 valence electrons. The molecule has 0 aromatic heterocycles. The Morgan fingerprint density at radius 1 is 0.302 bits per heavy atom. The minimum Gasteiger partial charge on any atom is -0.462 e. The summed E-state index contributed by atoms with van der Waals surface area (Å²) < 4.78 is 16.7.